The second kappa shape index (κ2) is 10.8. The highest BCUT2D eigenvalue weighted by Gasteiger charge is 2.48. The van der Waals surface area contributed by atoms with E-state index < -0.39 is 48.5 Å². The van der Waals surface area contributed by atoms with Crippen LogP contribution < -0.4 is 14.8 Å². The molecule has 4 rings (SSSR count). The molecular formula is C24H26F6N6O3. The summed E-state index contributed by atoms with van der Waals surface area (Å²) in [7, 11) is 2.70. The lowest BCUT2D eigenvalue weighted by atomic mass is 9.78. The maximum Gasteiger partial charge on any atom is 0.414 e. The van der Waals surface area contributed by atoms with Gasteiger partial charge in [-0.1, -0.05) is 0 Å². The first-order chi connectivity index (χ1) is 18.3. The van der Waals surface area contributed by atoms with E-state index in [0.717, 1.165) is 12.3 Å². The summed E-state index contributed by atoms with van der Waals surface area (Å²) < 4.78 is 93.2. The highest BCUT2D eigenvalue weighted by atomic mass is 19.4. The minimum atomic E-state index is -4.93. The smallest absolute Gasteiger partial charge is 0.414 e. The largest absolute Gasteiger partial charge is 0.494 e. The van der Waals surface area contributed by atoms with E-state index in [2.05, 4.69) is 20.3 Å². The molecular weight excluding hydrogens is 534 g/mol. The Morgan fingerprint density at radius 2 is 1.90 bits per heavy atom. The average Bonchev–Trinajstić information content (AvgIpc) is 3.32. The number of halogens is 6. The van der Waals surface area contributed by atoms with Gasteiger partial charge in [-0.2, -0.15) is 26.3 Å². The fourth-order valence-corrected chi connectivity index (χ4v) is 4.69. The number of methoxy groups -OCH3 is 2. The molecule has 0 radical (unpaired) electrons. The molecule has 9 nitrogen and oxygen atoms in total. The van der Waals surface area contributed by atoms with Gasteiger partial charge in [-0.05, 0) is 31.7 Å². The molecule has 0 spiro atoms. The zero-order valence-corrected chi connectivity index (χ0v) is 21.2. The standard InChI is InChI=1S/C24H26F6N6O3/c1-4-36(22(37)33-14-7-13(8-14)10-23(25,26)27)19(24(28,29)30)16-9-15(18(38-2)11-32-16)17-12-35-6-5-31-20(35)21(34-17)39-3/h5-6,9,11-14,19H,4,7-8,10H2,1-3H3,(H,33,37). The van der Waals surface area contributed by atoms with Crippen LogP contribution in [0.1, 0.15) is 37.9 Å². The maximum absolute atomic E-state index is 14.4. The van der Waals surface area contributed by atoms with E-state index >= 15 is 0 Å². The van der Waals surface area contributed by atoms with E-state index in [0.29, 0.717) is 10.5 Å². The summed E-state index contributed by atoms with van der Waals surface area (Å²) in [6, 6.07) is -3.00. The van der Waals surface area contributed by atoms with Gasteiger partial charge in [-0.25, -0.2) is 14.8 Å². The summed E-state index contributed by atoms with van der Waals surface area (Å²) in [6.45, 7) is 1.03. The topological polar surface area (TPSA) is 93.9 Å². The fraction of sp³-hybridized carbons (Fsp3) is 0.500. The van der Waals surface area contributed by atoms with Crippen molar-refractivity contribution in [2.75, 3.05) is 20.8 Å². The summed E-state index contributed by atoms with van der Waals surface area (Å²) in [5, 5.41) is 2.43. The number of pyridine rings is 1. The molecule has 2 amide bonds. The Morgan fingerprint density at radius 3 is 2.49 bits per heavy atom. The van der Waals surface area contributed by atoms with Crippen molar-refractivity contribution in [2.45, 2.75) is 50.6 Å². The van der Waals surface area contributed by atoms with Crippen molar-refractivity contribution in [3.63, 3.8) is 0 Å². The van der Waals surface area contributed by atoms with Crippen LogP contribution >= 0.6 is 0 Å². The monoisotopic (exact) mass is 560 g/mol. The fourth-order valence-electron chi connectivity index (χ4n) is 4.69. The van der Waals surface area contributed by atoms with E-state index in [1.165, 1.54) is 33.5 Å². The van der Waals surface area contributed by atoms with Gasteiger partial charge in [0.2, 0.25) is 0 Å². The van der Waals surface area contributed by atoms with E-state index in [1.54, 1.807) is 10.6 Å². The summed E-state index contributed by atoms with van der Waals surface area (Å²) in [6.07, 6.45) is -4.43. The molecule has 0 bridgehead atoms. The number of nitrogens with one attached hydrogen (secondary N) is 1. The van der Waals surface area contributed by atoms with E-state index in [1.807, 2.05) is 0 Å². The number of amides is 2. The predicted molar refractivity (Wildman–Crippen MR) is 126 cm³/mol. The number of urea groups is 1. The molecule has 0 aliphatic heterocycles. The van der Waals surface area contributed by atoms with Crippen molar-refractivity contribution >= 4 is 11.7 Å². The second-order valence-electron chi connectivity index (χ2n) is 9.14. The molecule has 1 N–H and O–H groups in total. The van der Waals surface area contributed by atoms with Gasteiger partial charge in [0.25, 0.3) is 5.88 Å². The van der Waals surface area contributed by atoms with Crippen molar-refractivity contribution in [3.8, 4) is 22.9 Å². The van der Waals surface area contributed by atoms with Crippen LogP contribution in [-0.2, 0) is 0 Å². The Hall–Kier alpha value is -3.78. The summed E-state index contributed by atoms with van der Waals surface area (Å²) in [4.78, 5) is 25.9. The van der Waals surface area contributed by atoms with Crippen molar-refractivity contribution in [1.82, 2.24) is 29.6 Å². The molecule has 1 fully saturated rings. The number of hydrogen-bond acceptors (Lipinski definition) is 6. The van der Waals surface area contributed by atoms with Gasteiger partial charge >= 0.3 is 18.4 Å². The number of nitrogens with zero attached hydrogens (tertiary/aromatic N) is 5. The first kappa shape index (κ1) is 28.2. The number of carbonyl (C=O) groups excluding carboxylic acids is 1. The molecule has 1 aliphatic rings. The molecule has 1 aliphatic carbocycles. The van der Waals surface area contributed by atoms with E-state index in [-0.39, 0.29) is 42.3 Å². The van der Waals surface area contributed by atoms with Gasteiger partial charge in [0.15, 0.2) is 11.7 Å². The van der Waals surface area contributed by atoms with Crippen LogP contribution in [0.2, 0.25) is 0 Å². The zero-order chi connectivity index (χ0) is 28.5. The highest BCUT2D eigenvalue weighted by molar-refractivity contribution is 5.76. The van der Waals surface area contributed by atoms with Gasteiger partial charge < -0.3 is 24.1 Å². The third kappa shape index (κ3) is 6.11. The first-order valence-corrected chi connectivity index (χ1v) is 12.0. The number of hydrogen-bond donors (Lipinski definition) is 1. The lowest BCUT2D eigenvalue weighted by Gasteiger charge is -2.39. The van der Waals surface area contributed by atoms with Crippen molar-refractivity contribution in [3.05, 3.63) is 36.5 Å². The van der Waals surface area contributed by atoms with E-state index in [4.69, 9.17) is 9.47 Å². The number of alkyl halides is 6. The third-order valence-corrected chi connectivity index (χ3v) is 6.51. The molecule has 3 aromatic heterocycles. The van der Waals surface area contributed by atoms with E-state index in [9.17, 15) is 31.1 Å². The quantitative estimate of drug-likeness (QED) is 0.382. The summed E-state index contributed by atoms with van der Waals surface area (Å²) in [5.74, 6) is -0.414. The second-order valence-corrected chi connectivity index (χ2v) is 9.14. The van der Waals surface area contributed by atoms with Crippen LogP contribution in [-0.4, -0.2) is 69.4 Å². The Labute approximate surface area is 219 Å². The Bertz CT molecular complexity index is 1320. The SMILES string of the molecule is CCN(C(=O)NC1CC(CC(F)(F)F)C1)C(c1cc(-c2cn3ccnc3c(OC)n2)c(OC)cn1)C(F)(F)F. The number of fused-ring (bicyclic) bond motifs is 1. The minimum absolute atomic E-state index is 0.0364. The number of imidazole rings is 1. The molecule has 39 heavy (non-hydrogen) atoms. The van der Waals surface area contributed by atoms with Crippen LogP contribution in [0.15, 0.2) is 30.9 Å². The summed E-state index contributed by atoms with van der Waals surface area (Å²) >= 11 is 0. The molecule has 3 aromatic rings. The Balaban J connectivity index is 1.65. The molecule has 1 saturated carbocycles. The molecule has 0 aromatic carbocycles. The van der Waals surface area contributed by atoms with Crippen LogP contribution in [0.4, 0.5) is 31.1 Å². The molecule has 15 heteroatoms. The van der Waals surface area contributed by atoms with Crippen molar-refractivity contribution in [2.24, 2.45) is 5.92 Å². The average molecular weight is 560 g/mol. The minimum Gasteiger partial charge on any atom is -0.494 e. The van der Waals surface area contributed by atoms with Crippen LogP contribution in [0, 0.1) is 5.92 Å². The number of aromatic nitrogens is 4. The highest BCUT2D eigenvalue weighted by Crippen LogP contribution is 2.41. The van der Waals surface area contributed by atoms with Crippen LogP contribution in [0.3, 0.4) is 0 Å². The van der Waals surface area contributed by atoms with Gasteiger partial charge in [0.1, 0.15) is 5.75 Å². The normalized spacial score (nSPS) is 18.4. The number of rotatable bonds is 8. The predicted octanol–water partition coefficient (Wildman–Crippen LogP) is 5.17. The summed E-state index contributed by atoms with van der Waals surface area (Å²) in [5.41, 5.74) is 0.267. The third-order valence-electron chi connectivity index (χ3n) is 6.51. The molecule has 1 atom stereocenters. The van der Waals surface area contributed by atoms with Gasteiger partial charge in [0, 0.05) is 43.2 Å². The van der Waals surface area contributed by atoms with Gasteiger partial charge in [-0.15, -0.1) is 0 Å². The van der Waals surface area contributed by atoms with Crippen molar-refractivity contribution < 1.29 is 40.6 Å². The Morgan fingerprint density at radius 1 is 1.18 bits per heavy atom. The lowest BCUT2D eigenvalue weighted by Crippen LogP contribution is -2.53. The van der Waals surface area contributed by atoms with Crippen LogP contribution in [0.5, 0.6) is 11.6 Å². The van der Waals surface area contributed by atoms with Crippen molar-refractivity contribution in [1.29, 1.82) is 0 Å². The molecule has 3 heterocycles. The molecule has 1 unspecified atom stereocenters. The molecule has 212 valence electrons. The first-order valence-electron chi connectivity index (χ1n) is 12.0. The lowest BCUT2D eigenvalue weighted by molar-refractivity contribution is -0.179. The molecule has 0 saturated heterocycles. The Kier molecular flexibility index (Phi) is 7.80. The van der Waals surface area contributed by atoms with Crippen LogP contribution in [0.25, 0.3) is 16.9 Å². The zero-order valence-electron chi connectivity index (χ0n) is 21.2. The van der Waals surface area contributed by atoms with Gasteiger partial charge in [-0.3, -0.25) is 4.98 Å². The maximum atomic E-state index is 14.4. The number of ether oxygens (including phenoxy) is 2. The van der Waals surface area contributed by atoms with Gasteiger partial charge in [0.05, 0.1) is 31.8 Å². The number of carbonyl (C=O) groups is 1.